The lowest BCUT2D eigenvalue weighted by Crippen LogP contribution is -2.54. The number of hydrogen-bond acceptors (Lipinski definition) is 9. The lowest BCUT2D eigenvalue weighted by Gasteiger charge is -2.41. The molecule has 1 aromatic heterocycles. The highest BCUT2D eigenvalue weighted by Crippen LogP contribution is 2.35. The topological polar surface area (TPSA) is 150 Å². The van der Waals surface area contributed by atoms with E-state index in [1.54, 1.807) is 23.1 Å². The number of benzene rings is 3. The third-order valence-corrected chi connectivity index (χ3v) is 10.1. The molecule has 2 aliphatic rings. The SMILES string of the molecule is C[C@H]1CN(C(=O)OC(C)(C)C)CCN1c1ccc(-n2cnc3ccc(Oc4c(F)ccc(NS(=O)(=O)N5CC[C@@H](F)C5)c4C#N)cc3c2=O)cc1. The van der Waals surface area contributed by atoms with Crippen LogP contribution in [0.1, 0.15) is 39.7 Å². The summed E-state index contributed by atoms with van der Waals surface area (Å²) in [5, 5.41) is 10.0. The number of anilines is 2. The average molecular weight is 722 g/mol. The fourth-order valence-electron chi connectivity index (χ4n) is 6.07. The summed E-state index contributed by atoms with van der Waals surface area (Å²) in [5.74, 6) is -1.49. The van der Waals surface area contributed by atoms with Gasteiger partial charge in [-0.1, -0.05) is 0 Å². The number of fused-ring (bicyclic) bond motifs is 1. The minimum absolute atomic E-state index is 0.00392. The summed E-state index contributed by atoms with van der Waals surface area (Å²) < 4.78 is 70.2. The van der Waals surface area contributed by atoms with Gasteiger partial charge >= 0.3 is 16.3 Å². The number of carbonyl (C=O) groups excluding carboxylic acids is 1. The molecule has 2 aliphatic heterocycles. The van der Waals surface area contributed by atoms with Crippen molar-refractivity contribution in [3.8, 4) is 23.3 Å². The van der Waals surface area contributed by atoms with Crippen LogP contribution in [0, 0.1) is 17.1 Å². The van der Waals surface area contributed by atoms with Crippen molar-refractivity contribution in [1.82, 2.24) is 18.8 Å². The predicted molar refractivity (Wildman–Crippen MR) is 187 cm³/mol. The van der Waals surface area contributed by atoms with Gasteiger partial charge in [0.1, 0.15) is 35.5 Å². The van der Waals surface area contributed by atoms with Crippen LogP contribution in [-0.2, 0) is 14.9 Å². The van der Waals surface area contributed by atoms with Gasteiger partial charge in [0.15, 0.2) is 11.6 Å². The van der Waals surface area contributed by atoms with E-state index in [-0.39, 0.29) is 48.5 Å². The third kappa shape index (κ3) is 7.59. The Balaban J connectivity index is 1.22. The summed E-state index contributed by atoms with van der Waals surface area (Å²) in [6, 6.07) is 15.5. The van der Waals surface area contributed by atoms with Crippen molar-refractivity contribution in [1.29, 1.82) is 5.26 Å². The van der Waals surface area contributed by atoms with E-state index in [1.165, 1.54) is 29.1 Å². The van der Waals surface area contributed by atoms with Gasteiger partial charge in [-0.3, -0.25) is 14.1 Å². The van der Waals surface area contributed by atoms with Crippen LogP contribution >= 0.6 is 0 Å². The standard InChI is InChI=1S/C35H37F2N7O6S/c1-22-19-41(34(46)50-35(2,3)4)15-16-43(22)24-5-7-25(8-6-24)44-21-39-30-11-9-26(17-27(30)33(44)45)49-32-28(18-38)31(12-10-29(32)37)40-51(47,48)42-14-13-23(36)20-42/h5-12,17,21-23,40H,13-16,19-20H2,1-4H3/t22-,23+/m0/s1. The molecule has 3 aromatic carbocycles. The van der Waals surface area contributed by atoms with Gasteiger partial charge in [0, 0.05) is 44.5 Å². The maximum absolute atomic E-state index is 15.1. The molecule has 1 N–H and O–H groups in total. The zero-order valence-corrected chi connectivity index (χ0v) is 29.3. The number of piperazine rings is 1. The van der Waals surface area contributed by atoms with Gasteiger partial charge in [0.25, 0.3) is 5.56 Å². The second-order valence-corrected chi connectivity index (χ2v) is 15.1. The summed E-state index contributed by atoms with van der Waals surface area (Å²) in [4.78, 5) is 34.5. The van der Waals surface area contributed by atoms with Crippen LogP contribution in [0.5, 0.6) is 11.5 Å². The predicted octanol–water partition coefficient (Wildman–Crippen LogP) is 5.33. The Morgan fingerprint density at radius 3 is 2.41 bits per heavy atom. The quantitative estimate of drug-likeness (QED) is 0.267. The van der Waals surface area contributed by atoms with Crippen molar-refractivity contribution in [2.75, 3.05) is 42.3 Å². The minimum Gasteiger partial charge on any atom is -0.453 e. The molecule has 16 heteroatoms. The number of halogens is 2. The summed E-state index contributed by atoms with van der Waals surface area (Å²) in [6.07, 6.45) is -0.205. The van der Waals surface area contributed by atoms with Crippen LogP contribution in [0.4, 0.5) is 25.0 Å². The van der Waals surface area contributed by atoms with E-state index in [9.17, 15) is 27.7 Å². The van der Waals surface area contributed by atoms with Crippen LogP contribution in [0.2, 0.25) is 0 Å². The molecule has 2 atom stereocenters. The molecule has 0 aliphatic carbocycles. The Kier molecular flexibility index (Phi) is 9.62. The number of hydrogen-bond donors (Lipinski definition) is 1. The zero-order chi connectivity index (χ0) is 36.7. The molecule has 0 spiro atoms. The first kappa shape index (κ1) is 35.6. The van der Waals surface area contributed by atoms with E-state index in [0.29, 0.717) is 30.8 Å². The molecule has 0 radical (unpaired) electrons. The summed E-state index contributed by atoms with van der Waals surface area (Å²) in [5.41, 5.74) is 0.110. The normalized spacial score (nSPS) is 18.5. The molecular weight excluding hydrogens is 684 g/mol. The number of nitriles is 1. The zero-order valence-electron chi connectivity index (χ0n) is 28.5. The Hall–Kier alpha value is -5.27. The van der Waals surface area contributed by atoms with Gasteiger partial charge < -0.3 is 19.3 Å². The number of nitrogens with one attached hydrogen (secondary N) is 1. The largest absolute Gasteiger partial charge is 0.453 e. The molecule has 1 amide bonds. The second kappa shape index (κ2) is 13.8. The van der Waals surface area contributed by atoms with Crippen molar-refractivity contribution in [2.24, 2.45) is 0 Å². The van der Waals surface area contributed by atoms with Gasteiger partial charge in [-0.05, 0) is 88.7 Å². The second-order valence-electron chi connectivity index (χ2n) is 13.4. The molecule has 268 valence electrons. The number of aromatic nitrogens is 2. The number of alkyl halides is 1. The molecule has 0 bridgehead atoms. The summed E-state index contributed by atoms with van der Waals surface area (Å²) in [6.45, 7) is 8.75. The van der Waals surface area contributed by atoms with Crippen molar-refractivity contribution in [3.05, 3.63) is 82.7 Å². The smallest absolute Gasteiger partial charge is 0.410 e. The fraction of sp³-hybridized carbons (Fsp3) is 0.371. The van der Waals surface area contributed by atoms with Crippen LogP contribution in [0.3, 0.4) is 0 Å². The first-order valence-electron chi connectivity index (χ1n) is 16.3. The lowest BCUT2D eigenvalue weighted by atomic mass is 10.1. The minimum atomic E-state index is -4.23. The molecule has 3 heterocycles. The molecule has 0 saturated carbocycles. The summed E-state index contributed by atoms with van der Waals surface area (Å²) >= 11 is 0. The number of amides is 1. The van der Waals surface area contributed by atoms with Crippen LogP contribution in [-0.4, -0.2) is 83.8 Å². The molecule has 2 saturated heterocycles. The fourth-order valence-corrected chi connectivity index (χ4v) is 7.35. The first-order valence-corrected chi connectivity index (χ1v) is 17.8. The molecule has 51 heavy (non-hydrogen) atoms. The number of rotatable bonds is 7. The Morgan fingerprint density at radius 1 is 1.04 bits per heavy atom. The van der Waals surface area contributed by atoms with Gasteiger partial charge in [-0.2, -0.15) is 18.0 Å². The van der Waals surface area contributed by atoms with Crippen molar-refractivity contribution in [2.45, 2.75) is 51.9 Å². The average Bonchev–Trinajstić information content (AvgIpc) is 3.53. The maximum Gasteiger partial charge on any atom is 0.410 e. The first-order chi connectivity index (χ1) is 24.1. The van der Waals surface area contributed by atoms with Crippen LogP contribution in [0.15, 0.2) is 65.7 Å². The number of carbonyl (C=O) groups is 1. The highest BCUT2D eigenvalue weighted by atomic mass is 32.2. The van der Waals surface area contributed by atoms with E-state index < -0.39 is 44.7 Å². The van der Waals surface area contributed by atoms with E-state index in [2.05, 4.69) is 14.6 Å². The summed E-state index contributed by atoms with van der Waals surface area (Å²) in [7, 11) is -4.23. The Morgan fingerprint density at radius 2 is 1.76 bits per heavy atom. The van der Waals surface area contributed by atoms with Crippen molar-refractivity contribution >= 4 is 38.6 Å². The van der Waals surface area contributed by atoms with E-state index >= 15 is 4.39 Å². The van der Waals surface area contributed by atoms with Crippen LogP contribution in [0.25, 0.3) is 16.6 Å². The van der Waals surface area contributed by atoms with Gasteiger partial charge in [-0.15, -0.1) is 0 Å². The Bertz CT molecular complexity index is 2180. The van der Waals surface area contributed by atoms with Gasteiger partial charge in [-0.25, -0.2) is 18.6 Å². The number of ether oxygens (including phenoxy) is 2. The number of nitrogens with zero attached hydrogens (tertiary/aromatic N) is 6. The van der Waals surface area contributed by atoms with Crippen LogP contribution < -0.4 is 19.9 Å². The molecule has 6 rings (SSSR count). The highest BCUT2D eigenvalue weighted by molar-refractivity contribution is 7.90. The molecule has 2 fully saturated rings. The van der Waals surface area contributed by atoms with E-state index in [0.717, 1.165) is 22.1 Å². The maximum atomic E-state index is 15.1. The van der Waals surface area contributed by atoms with E-state index in [4.69, 9.17) is 9.47 Å². The molecule has 13 nitrogen and oxygen atoms in total. The Labute approximate surface area is 293 Å². The monoisotopic (exact) mass is 721 g/mol. The van der Waals surface area contributed by atoms with Crippen molar-refractivity contribution in [3.63, 3.8) is 0 Å². The highest BCUT2D eigenvalue weighted by Gasteiger charge is 2.33. The van der Waals surface area contributed by atoms with Gasteiger partial charge in [0.05, 0.1) is 22.3 Å². The third-order valence-electron chi connectivity index (χ3n) is 8.58. The van der Waals surface area contributed by atoms with Gasteiger partial charge in [0.2, 0.25) is 0 Å². The lowest BCUT2D eigenvalue weighted by molar-refractivity contribution is 0.0218. The molecule has 4 aromatic rings. The van der Waals surface area contributed by atoms with Crippen molar-refractivity contribution < 1.29 is 31.5 Å². The van der Waals surface area contributed by atoms with E-state index in [1.807, 2.05) is 39.8 Å². The molecular formula is C35H37F2N7O6S. The molecule has 0 unspecified atom stereocenters.